The Morgan fingerprint density at radius 1 is 1.50 bits per heavy atom. The molecular weight excluding hydrogens is 292 g/mol. The second kappa shape index (κ2) is 5.02. The number of ether oxygens (including phenoxy) is 1. The lowest BCUT2D eigenvalue weighted by Gasteiger charge is -2.25. The van der Waals surface area contributed by atoms with Crippen molar-refractivity contribution >= 4 is 21.5 Å². The van der Waals surface area contributed by atoms with E-state index in [0.717, 1.165) is 29.2 Å². The van der Waals surface area contributed by atoms with Gasteiger partial charge in [0.1, 0.15) is 4.60 Å². The van der Waals surface area contributed by atoms with Crippen LogP contribution in [0, 0.1) is 5.92 Å². The molecule has 1 aromatic heterocycles. The molecule has 0 aromatic carbocycles. The number of pyridine rings is 1. The first-order chi connectivity index (χ1) is 8.78. The monoisotopic (exact) mass is 308 g/mol. The minimum absolute atomic E-state index is 0.559. The topological polar surface area (TPSA) is 34.1 Å². The molecular formula is C14H17BrN2O. The summed E-state index contributed by atoms with van der Waals surface area (Å²) < 4.78 is 6.08. The zero-order chi connectivity index (χ0) is 12.5. The van der Waals surface area contributed by atoms with Crippen molar-refractivity contribution in [3.8, 4) is 5.75 Å². The number of halogens is 1. The molecule has 2 heterocycles. The maximum atomic E-state index is 5.31. The summed E-state index contributed by atoms with van der Waals surface area (Å²) in [6, 6.07) is 2.63. The van der Waals surface area contributed by atoms with E-state index in [1.165, 1.54) is 24.0 Å². The average molecular weight is 309 g/mol. The third-order valence-electron chi connectivity index (χ3n) is 3.90. The molecule has 18 heavy (non-hydrogen) atoms. The molecule has 1 N–H and O–H groups in total. The van der Waals surface area contributed by atoms with Crippen molar-refractivity contribution in [2.24, 2.45) is 5.92 Å². The van der Waals surface area contributed by atoms with Crippen LogP contribution < -0.4 is 10.1 Å². The molecule has 1 aromatic rings. The second-order valence-electron chi connectivity index (χ2n) is 5.00. The first kappa shape index (κ1) is 12.2. The molecule has 0 bridgehead atoms. The zero-order valence-corrected chi connectivity index (χ0v) is 12.0. The van der Waals surface area contributed by atoms with Gasteiger partial charge in [0.25, 0.3) is 0 Å². The number of piperidine rings is 1. The van der Waals surface area contributed by atoms with E-state index in [1.54, 1.807) is 7.11 Å². The molecule has 3 rings (SSSR count). The number of nitrogens with zero attached hydrogens (tertiary/aromatic N) is 1. The number of methoxy groups -OCH3 is 1. The molecule has 1 fully saturated rings. The van der Waals surface area contributed by atoms with Crippen molar-refractivity contribution in [1.29, 1.82) is 0 Å². The van der Waals surface area contributed by atoms with Gasteiger partial charge in [-0.2, -0.15) is 0 Å². The van der Waals surface area contributed by atoms with E-state index in [0.29, 0.717) is 6.04 Å². The normalized spacial score (nSPS) is 26.7. The van der Waals surface area contributed by atoms with Gasteiger partial charge in [0.15, 0.2) is 5.75 Å². The van der Waals surface area contributed by atoms with Gasteiger partial charge < -0.3 is 10.1 Å². The molecule has 4 heteroatoms. The SMILES string of the molecule is COc1cc(C2=CC3NCCCC3C2)cnc1Br. The molecule has 1 saturated heterocycles. The number of hydrogen-bond donors (Lipinski definition) is 1. The van der Waals surface area contributed by atoms with Crippen LogP contribution in [-0.4, -0.2) is 24.7 Å². The fourth-order valence-corrected chi connectivity index (χ4v) is 3.31. The quantitative estimate of drug-likeness (QED) is 0.853. The Bertz CT molecular complexity index is 487. The van der Waals surface area contributed by atoms with Crippen LogP contribution in [-0.2, 0) is 0 Å². The molecule has 0 saturated carbocycles. The van der Waals surface area contributed by atoms with E-state index >= 15 is 0 Å². The summed E-state index contributed by atoms with van der Waals surface area (Å²) in [7, 11) is 1.68. The van der Waals surface area contributed by atoms with Crippen molar-refractivity contribution in [3.63, 3.8) is 0 Å². The molecule has 96 valence electrons. The largest absolute Gasteiger partial charge is 0.494 e. The Hall–Kier alpha value is -0.870. The molecule has 2 aliphatic rings. The van der Waals surface area contributed by atoms with E-state index in [9.17, 15) is 0 Å². The van der Waals surface area contributed by atoms with E-state index in [1.807, 2.05) is 6.20 Å². The summed E-state index contributed by atoms with van der Waals surface area (Å²) in [5.41, 5.74) is 2.59. The Morgan fingerprint density at radius 2 is 2.39 bits per heavy atom. The highest BCUT2D eigenvalue weighted by Crippen LogP contribution is 2.38. The highest BCUT2D eigenvalue weighted by Gasteiger charge is 2.30. The lowest BCUT2D eigenvalue weighted by Crippen LogP contribution is -2.37. The van der Waals surface area contributed by atoms with Crippen molar-refractivity contribution in [1.82, 2.24) is 10.3 Å². The summed E-state index contributed by atoms with van der Waals surface area (Å²) in [6.07, 6.45) is 8.08. The summed E-state index contributed by atoms with van der Waals surface area (Å²) in [5.74, 6) is 1.57. The summed E-state index contributed by atoms with van der Waals surface area (Å²) in [6.45, 7) is 1.15. The van der Waals surface area contributed by atoms with Crippen LogP contribution in [0.15, 0.2) is 22.9 Å². The minimum atomic E-state index is 0.559. The number of fused-ring (bicyclic) bond motifs is 1. The molecule has 0 radical (unpaired) electrons. The average Bonchev–Trinajstić information content (AvgIpc) is 2.83. The van der Waals surface area contributed by atoms with Gasteiger partial charge in [-0.15, -0.1) is 0 Å². The van der Waals surface area contributed by atoms with E-state index in [2.05, 4.69) is 38.4 Å². The molecule has 0 spiro atoms. The van der Waals surface area contributed by atoms with Gasteiger partial charge in [-0.1, -0.05) is 6.08 Å². The van der Waals surface area contributed by atoms with Gasteiger partial charge in [0.05, 0.1) is 7.11 Å². The highest BCUT2D eigenvalue weighted by atomic mass is 79.9. The zero-order valence-electron chi connectivity index (χ0n) is 10.4. The third-order valence-corrected chi connectivity index (χ3v) is 4.50. The van der Waals surface area contributed by atoms with Gasteiger partial charge >= 0.3 is 0 Å². The maximum Gasteiger partial charge on any atom is 0.152 e. The minimum Gasteiger partial charge on any atom is -0.494 e. The predicted molar refractivity (Wildman–Crippen MR) is 75.6 cm³/mol. The number of aromatic nitrogens is 1. The molecule has 2 unspecified atom stereocenters. The number of allylic oxidation sites excluding steroid dienone is 1. The van der Waals surface area contributed by atoms with E-state index < -0.39 is 0 Å². The predicted octanol–water partition coefficient (Wildman–Crippen LogP) is 3.01. The smallest absolute Gasteiger partial charge is 0.152 e. The first-order valence-electron chi connectivity index (χ1n) is 6.42. The molecule has 1 aliphatic heterocycles. The van der Waals surface area contributed by atoms with Crippen LogP contribution in [0.5, 0.6) is 5.75 Å². The van der Waals surface area contributed by atoms with Crippen molar-refractivity contribution in [2.75, 3.05) is 13.7 Å². The Kier molecular flexibility index (Phi) is 3.39. The van der Waals surface area contributed by atoms with Crippen LogP contribution >= 0.6 is 15.9 Å². The second-order valence-corrected chi connectivity index (χ2v) is 5.75. The van der Waals surface area contributed by atoms with Crippen LogP contribution in [0.2, 0.25) is 0 Å². The summed E-state index contributed by atoms with van der Waals surface area (Å²) >= 11 is 3.39. The van der Waals surface area contributed by atoms with Crippen LogP contribution in [0.3, 0.4) is 0 Å². The summed E-state index contributed by atoms with van der Waals surface area (Å²) in [4.78, 5) is 4.34. The van der Waals surface area contributed by atoms with Gasteiger partial charge in [-0.25, -0.2) is 4.98 Å². The maximum absolute atomic E-state index is 5.31. The Morgan fingerprint density at radius 3 is 3.17 bits per heavy atom. The Balaban J connectivity index is 1.87. The standard InChI is InChI=1S/C14H17BrN2O/c1-18-13-7-11(8-17-14(13)15)10-5-9-3-2-4-16-12(9)6-10/h6-9,12,16H,2-5H2,1H3. The molecule has 0 amide bonds. The molecule has 3 nitrogen and oxygen atoms in total. The van der Waals surface area contributed by atoms with Crippen molar-refractivity contribution in [2.45, 2.75) is 25.3 Å². The number of rotatable bonds is 2. The number of hydrogen-bond acceptors (Lipinski definition) is 3. The van der Waals surface area contributed by atoms with Crippen LogP contribution in [0.25, 0.3) is 5.57 Å². The van der Waals surface area contributed by atoms with Crippen molar-refractivity contribution in [3.05, 3.63) is 28.5 Å². The van der Waals surface area contributed by atoms with E-state index in [-0.39, 0.29) is 0 Å². The van der Waals surface area contributed by atoms with Gasteiger partial charge in [0, 0.05) is 12.2 Å². The fraction of sp³-hybridized carbons (Fsp3) is 0.500. The molecule has 1 aliphatic carbocycles. The fourth-order valence-electron chi connectivity index (χ4n) is 2.93. The number of nitrogens with one attached hydrogen (secondary N) is 1. The third kappa shape index (κ3) is 2.19. The molecule has 2 atom stereocenters. The Labute approximate surface area is 116 Å². The van der Waals surface area contributed by atoms with Crippen molar-refractivity contribution < 1.29 is 4.74 Å². The first-order valence-corrected chi connectivity index (χ1v) is 7.21. The van der Waals surface area contributed by atoms with E-state index in [4.69, 9.17) is 4.74 Å². The summed E-state index contributed by atoms with van der Waals surface area (Å²) in [5, 5.41) is 3.58. The van der Waals surface area contributed by atoms with Gasteiger partial charge in [-0.05, 0) is 64.9 Å². The van der Waals surface area contributed by atoms with Crippen LogP contribution in [0.1, 0.15) is 24.8 Å². The lowest BCUT2D eigenvalue weighted by atomic mass is 9.92. The van der Waals surface area contributed by atoms with Crippen LogP contribution in [0.4, 0.5) is 0 Å². The van der Waals surface area contributed by atoms with Gasteiger partial charge in [-0.3, -0.25) is 0 Å². The highest BCUT2D eigenvalue weighted by molar-refractivity contribution is 9.10. The van der Waals surface area contributed by atoms with Gasteiger partial charge in [0.2, 0.25) is 0 Å². The lowest BCUT2D eigenvalue weighted by molar-refractivity contribution is 0.341.